The number of amides is 1. The number of ether oxygens (including phenoxy) is 3. The second-order valence-electron chi connectivity index (χ2n) is 8.29. The maximum Gasteiger partial charge on any atom is 0.416 e. The molecule has 0 saturated carbocycles. The van der Waals surface area contributed by atoms with Crippen molar-refractivity contribution in [3.05, 3.63) is 89.0 Å². The van der Waals surface area contributed by atoms with Crippen molar-refractivity contribution in [2.45, 2.75) is 23.6 Å². The fourth-order valence-electron chi connectivity index (χ4n) is 3.77. The molecule has 1 N–H and O–H groups in total. The summed E-state index contributed by atoms with van der Waals surface area (Å²) in [6, 6.07) is 13.5. The summed E-state index contributed by atoms with van der Waals surface area (Å²) < 4.78 is 69.8. The van der Waals surface area contributed by atoms with E-state index in [0.29, 0.717) is 45.2 Å². The molecule has 210 valence electrons. The molecule has 0 saturated heterocycles. The zero-order chi connectivity index (χ0) is 28.9. The number of hydrogen-bond donors (Lipinski definition) is 1. The van der Waals surface area contributed by atoms with Crippen LogP contribution in [0.4, 0.5) is 17.6 Å². The van der Waals surface area contributed by atoms with Gasteiger partial charge >= 0.3 is 6.18 Å². The molecule has 13 heteroatoms. The number of nitrogens with one attached hydrogen (secondary N) is 1. The maximum absolute atomic E-state index is 13.6. The Labute approximate surface area is 231 Å². The van der Waals surface area contributed by atoms with Crippen LogP contribution >= 0.6 is 11.8 Å². The highest BCUT2D eigenvalue weighted by Gasteiger charge is 2.30. The summed E-state index contributed by atoms with van der Waals surface area (Å²) in [4.78, 5) is 13.0. The van der Waals surface area contributed by atoms with Crippen molar-refractivity contribution in [3.63, 3.8) is 0 Å². The lowest BCUT2D eigenvalue weighted by Crippen LogP contribution is -2.24. The van der Waals surface area contributed by atoms with E-state index in [1.54, 1.807) is 4.57 Å². The van der Waals surface area contributed by atoms with Crippen molar-refractivity contribution in [1.82, 2.24) is 20.1 Å². The Hall–Kier alpha value is -4.26. The third kappa shape index (κ3) is 6.47. The largest absolute Gasteiger partial charge is 0.493 e. The molecule has 0 aliphatic rings. The standard InChI is InChI=1S/C27H24F4N4O4S/c1-37-21-12-17(13-22(38-2)24(21)39-3)25(36)32-14-23-33-34-26(35(23)20-10-8-19(28)9-11-20)40-15-16-4-6-18(7-5-16)27(29,30)31/h4-13H,14-15H2,1-3H3,(H,32,36). The predicted octanol–water partition coefficient (Wildman–Crippen LogP) is 5.67. The third-order valence-electron chi connectivity index (χ3n) is 5.77. The number of hydrogen-bond acceptors (Lipinski definition) is 7. The van der Waals surface area contributed by atoms with Gasteiger partial charge in [-0.05, 0) is 54.1 Å². The van der Waals surface area contributed by atoms with Crippen LogP contribution in [0, 0.1) is 5.82 Å². The number of methoxy groups -OCH3 is 3. The number of alkyl halides is 3. The van der Waals surface area contributed by atoms with Crippen LogP contribution in [0.3, 0.4) is 0 Å². The molecule has 0 aliphatic heterocycles. The first kappa shape index (κ1) is 28.7. The average molecular weight is 577 g/mol. The molecule has 1 aromatic heterocycles. The predicted molar refractivity (Wildman–Crippen MR) is 140 cm³/mol. The molecule has 0 unspecified atom stereocenters. The minimum absolute atomic E-state index is 0.0410. The van der Waals surface area contributed by atoms with Gasteiger partial charge in [-0.2, -0.15) is 13.2 Å². The van der Waals surface area contributed by atoms with E-state index in [9.17, 15) is 22.4 Å². The molecule has 0 bridgehead atoms. The fraction of sp³-hybridized carbons (Fsp3) is 0.222. The SMILES string of the molecule is COc1cc(C(=O)NCc2nnc(SCc3ccc(C(F)(F)F)cc3)n2-c2ccc(F)cc2)cc(OC)c1OC. The minimum atomic E-state index is -4.42. The first-order valence-electron chi connectivity index (χ1n) is 11.7. The Bertz CT molecular complexity index is 1450. The van der Waals surface area contributed by atoms with Gasteiger partial charge in [0.2, 0.25) is 5.75 Å². The Kier molecular flexibility index (Phi) is 8.83. The molecular weight excluding hydrogens is 552 g/mol. The van der Waals surface area contributed by atoms with E-state index in [0.717, 1.165) is 12.1 Å². The van der Waals surface area contributed by atoms with Crippen LogP contribution in [0.2, 0.25) is 0 Å². The second kappa shape index (κ2) is 12.3. The highest BCUT2D eigenvalue weighted by atomic mass is 32.2. The van der Waals surface area contributed by atoms with E-state index >= 15 is 0 Å². The summed E-state index contributed by atoms with van der Waals surface area (Å²) in [6.07, 6.45) is -4.42. The number of rotatable bonds is 10. The summed E-state index contributed by atoms with van der Waals surface area (Å²) in [5.41, 5.74) is 0.697. The molecule has 0 aliphatic carbocycles. The van der Waals surface area contributed by atoms with Crippen molar-refractivity contribution in [1.29, 1.82) is 0 Å². The quantitative estimate of drug-likeness (QED) is 0.192. The van der Waals surface area contributed by atoms with Crippen LogP contribution in [-0.4, -0.2) is 42.0 Å². The van der Waals surface area contributed by atoms with Crippen LogP contribution in [0.25, 0.3) is 5.69 Å². The summed E-state index contributed by atoms with van der Waals surface area (Å²) in [7, 11) is 4.33. The van der Waals surface area contributed by atoms with E-state index in [2.05, 4.69) is 15.5 Å². The Morgan fingerprint density at radius 1 is 0.925 bits per heavy atom. The van der Waals surface area contributed by atoms with Crippen LogP contribution in [-0.2, 0) is 18.5 Å². The summed E-state index contributed by atoms with van der Waals surface area (Å²) in [5, 5.41) is 11.6. The van der Waals surface area contributed by atoms with E-state index in [1.807, 2.05) is 0 Å². The minimum Gasteiger partial charge on any atom is -0.493 e. The molecule has 4 aromatic rings. The van der Waals surface area contributed by atoms with Crippen LogP contribution in [0.5, 0.6) is 17.2 Å². The number of carbonyl (C=O) groups is 1. The fourth-order valence-corrected chi connectivity index (χ4v) is 4.70. The van der Waals surface area contributed by atoms with Crippen molar-refractivity contribution < 1.29 is 36.6 Å². The normalized spacial score (nSPS) is 11.3. The molecule has 0 atom stereocenters. The van der Waals surface area contributed by atoms with Crippen LogP contribution in [0.1, 0.15) is 27.3 Å². The van der Waals surface area contributed by atoms with E-state index < -0.39 is 23.5 Å². The van der Waals surface area contributed by atoms with Gasteiger partial charge in [-0.15, -0.1) is 10.2 Å². The molecule has 4 rings (SSSR count). The average Bonchev–Trinajstić information content (AvgIpc) is 3.36. The summed E-state index contributed by atoms with van der Waals surface area (Å²) >= 11 is 1.23. The lowest BCUT2D eigenvalue weighted by molar-refractivity contribution is -0.137. The summed E-state index contributed by atoms with van der Waals surface area (Å²) in [5.74, 6) is 0.719. The number of thioether (sulfide) groups is 1. The Morgan fingerprint density at radius 3 is 2.10 bits per heavy atom. The van der Waals surface area contributed by atoms with Crippen molar-refractivity contribution >= 4 is 17.7 Å². The third-order valence-corrected chi connectivity index (χ3v) is 6.77. The lowest BCUT2D eigenvalue weighted by Gasteiger charge is -2.14. The summed E-state index contributed by atoms with van der Waals surface area (Å²) in [6.45, 7) is -0.0410. The van der Waals surface area contributed by atoms with Crippen molar-refractivity contribution in [2.24, 2.45) is 0 Å². The molecule has 8 nitrogen and oxygen atoms in total. The van der Waals surface area contributed by atoms with E-state index in [-0.39, 0.29) is 12.1 Å². The number of benzene rings is 3. The highest BCUT2D eigenvalue weighted by molar-refractivity contribution is 7.98. The first-order valence-corrected chi connectivity index (χ1v) is 12.7. The van der Waals surface area contributed by atoms with E-state index in [4.69, 9.17) is 14.2 Å². The molecular formula is C27H24F4N4O4S. The Balaban J connectivity index is 1.56. The topological polar surface area (TPSA) is 87.5 Å². The molecule has 1 heterocycles. The highest BCUT2D eigenvalue weighted by Crippen LogP contribution is 2.38. The molecule has 1 amide bonds. The Morgan fingerprint density at radius 2 is 1.55 bits per heavy atom. The zero-order valence-electron chi connectivity index (χ0n) is 21.6. The monoisotopic (exact) mass is 576 g/mol. The van der Waals surface area contributed by atoms with Crippen molar-refractivity contribution in [2.75, 3.05) is 21.3 Å². The van der Waals surface area contributed by atoms with Gasteiger partial charge in [-0.1, -0.05) is 23.9 Å². The van der Waals surface area contributed by atoms with Gasteiger partial charge in [-0.25, -0.2) is 4.39 Å². The van der Waals surface area contributed by atoms with Gasteiger partial charge in [0.15, 0.2) is 22.5 Å². The number of nitrogens with zero attached hydrogens (tertiary/aromatic N) is 3. The molecule has 0 spiro atoms. The van der Waals surface area contributed by atoms with Gasteiger partial charge in [0.05, 0.1) is 33.4 Å². The smallest absolute Gasteiger partial charge is 0.416 e. The molecule has 40 heavy (non-hydrogen) atoms. The van der Waals surface area contributed by atoms with E-state index in [1.165, 1.54) is 81.6 Å². The number of halogens is 4. The first-order chi connectivity index (χ1) is 19.1. The number of carbonyl (C=O) groups excluding carboxylic acids is 1. The van der Waals surface area contributed by atoms with Gasteiger partial charge in [0.1, 0.15) is 5.82 Å². The van der Waals surface area contributed by atoms with Crippen molar-refractivity contribution in [3.8, 4) is 22.9 Å². The van der Waals surface area contributed by atoms with Gasteiger partial charge in [0, 0.05) is 17.0 Å². The lowest BCUT2D eigenvalue weighted by atomic mass is 10.1. The molecule has 0 radical (unpaired) electrons. The maximum atomic E-state index is 13.6. The molecule has 0 fully saturated rings. The van der Waals surface area contributed by atoms with Gasteiger partial charge < -0.3 is 19.5 Å². The van der Waals surface area contributed by atoms with Gasteiger partial charge in [-0.3, -0.25) is 9.36 Å². The molecule has 3 aromatic carbocycles. The van der Waals surface area contributed by atoms with Crippen LogP contribution < -0.4 is 19.5 Å². The zero-order valence-corrected chi connectivity index (χ0v) is 22.4. The van der Waals surface area contributed by atoms with Gasteiger partial charge in [0.25, 0.3) is 5.91 Å². The number of aromatic nitrogens is 3. The second-order valence-corrected chi connectivity index (χ2v) is 9.23. The van der Waals surface area contributed by atoms with Crippen LogP contribution in [0.15, 0.2) is 65.8 Å².